The van der Waals surface area contributed by atoms with Gasteiger partial charge in [0.15, 0.2) is 11.4 Å². The van der Waals surface area contributed by atoms with Gasteiger partial charge in [-0.05, 0) is 18.8 Å². The highest BCUT2D eigenvalue weighted by atomic mass is 16.4. The van der Waals surface area contributed by atoms with Crippen LogP contribution in [0.4, 0.5) is 0 Å². The molecule has 0 saturated carbocycles. The van der Waals surface area contributed by atoms with E-state index in [1.54, 1.807) is 4.90 Å². The van der Waals surface area contributed by atoms with Crippen molar-refractivity contribution >= 4 is 11.9 Å². The quantitative estimate of drug-likeness (QED) is 0.846. The van der Waals surface area contributed by atoms with E-state index in [1.165, 1.54) is 12.4 Å². The second kappa shape index (κ2) is 5.12. The first kappa shape index (κ1) is 12.5. The minimum atomic E-state index is -1.23. The van der Waals surface area contributed by atoms with Crippen molar-refractivity contribution < 1.29 is 14.7 Å². The SMILES string of the molecule is CC1CCN(C(=O)c2nccnc2C(=O)O)CC1. The van der Waals surface area contributed by atoms with E-state index in [2.05, 4.69) is 16.9 Å². The molecule has 0 unspecified atom stereocenters. The van der Waals surface area contributed by atoms with Crippen LogP contribution in [0.15, 0.2) is 12.4 Å². The zero-order valence-corrected chi connectivity index (χ0v) is 10.2. The monoisotopic (exact) mass is 249 g/mol. The second-order valence-electron chi connectivity index (χ2n) is 4.53. The number of hydrogen-bond donors (Lipinski definition) is 1. The molecule has 1 aliphatic heterocycles. The van der Waals surface area contributed by atoms with Gasteiger partial charge in [-0.1, -0.05) is 6.92 Å². The first-order chi connectivity index (χ1) is 8.59. The number of carbonyl (C=O) groups is 2. The van der Waals surface area contributed by atoms with Gasteiger partial charge in [0, 0.05) is 25.5 Å². The zero-order valence-electron chi connectivity index (χ0n) is 10.2. The Morgan fingerprint density at radius 2 is 1.78 bits per heavy atom. The Morgan fingerprint density at radius 1 is 1.22 bits per heavy atom. The number of amides is 1. The molecule has 2 rings (SSSR count). The summed E-state index contributed by atoms with van der Waals surface area (Å²) in [6, 6.07) is 0. The van der Waals surface area contributed by atoms with E-state index in [9.17, 15) is 9.59 Å². The third-order valence-electron chi connectivity index (χ3n) is 3.17. The molecule has 96 valence electrons. The van der Waals surface area contributed by atoms with Crippen molar-refractivity contribution in [3.8, 4) is 0 Å². The number of nitrogens with zero attached hydrogens (tertiary/aromatic N) is 3. The number of aromatic carboxylic acids is 1. The maximum Gasteiger partial charge on any atom is 0.356 e. The molecule has 0 radical (unpaired) electrons. The third-order valence-corrected chi connectivity index (χ3v) is 3.17. The number of hydrogen-bond acceptors (Lipinski definition) is 4. The largest absolute Gasteiger partial charge is 0.476 e. The molecule has 0 aliphatic carbocycles. The fraction of sp³-hybridized carbons (Fsp3) is 0.500. The van der Waals surface area contributed by atoms with Gasteiger partial charge in [0.1, 0.15) is 0 Å². The highest BCUT2D eigenvalue weighted by molar-refractivity contribution is 6.01. The van der Waals surface area contributed by atoms with Crippen LogP contribution >= 0.6 is 0 Å². The van der Waals surface area contributed by atoms with Crippen LogP contribution in [0.1, 0.15) is 40.7 Å². The van der Waals surface area contributed by atoms with E-state index in [-0.39, 0.29) is 17.3 Å². The summed E-state index contributed by atoms with van der Waals surface area (Å²) < 4.78 is 0. The predicted molar refractivity (Wildman–Crippen MR) is 63.3 cm³/mol. The van der Waals surface area contributed by atoms with E-state index >= 15 is 0 Å². The van der Waals surface area contributed by atoms with Crippen LogP contribution in [-0.4, -0.2) is 44.9 Å². The predicted octanol–water partition coefficient (Wildman–Crippen LogP) is 1.05. The Kier molecular flexibility index (Phi) is 3.55. The summed E-state index contributed by atoms with van der Waals surface area (Å²) in [5.74, 6) is -0.959. The van der Waals surface area contributed by atoms with Gasteiger partial charge in [-0.25, -0.2) is 14.8 Å². The molecular weight excluding hydrogens is 234 g/mol. The van der Waals surface area contributed by atoms with Crippen LogP contribution in [0, 0.1) is 5.92 Å². The van der Waals surface area contributed by atoms with Gasteiger partial charge in [0.2, 0.25) is 0 Å². The van der Waals surface area contributed by atoms with E-state index in [0.29, 0.717) is 19.0 Å². The van der Waals surface area contributed by atoms with E-state index in [4.69, 9.17) is 5.11 Å². The molecule has 6 heteroatoms. The lowest BCUT2D eigenvalue weighted by Crippen LogP contribution is -2.39. The Morgan fingerprint density at radius 3 is 2.33 bits per heavy atom. The third kappa shape index (κ3) is 2.47. The van der Waals surface area contributed by atoms with Crippen LogP contribution in [0.3, 0.4) is 0 Å². The van der Waals surface area contributed by atoms with Crippen molar-refractivity contribution in [2.24, 2.45) is 5.92 Å². The molecule has 6 nitrogen and oxygen atoms in total. The molecule has 1 N–H and O–H groups in total. The molecule has 1 aliphatic rings. The van der Waals surface area contributed by atoms with Gasteiger partial charge < -0.3 is 10.0 Å². The summed E-state index contributed by atoms with van der Waals surface area (Å²) in [7, 11) is 0. The highest BCUT2D eigenvalue weighted by Crippen LogP contribution is 2.18. The topological polar surface area (TPSA) is 83.4 Å². The van der Waals surface area contributed by atoms with Crippen LogP contribution in [-0.2, 0) is 0 Å². The molecule has 18 heavy (non-hydrogen) atoms. The summed E-state index contributed by atoms with van der Waals surface area (Å²) in [5.41, 5.74) is -0.347. The Bertz CT molecular complexity index is 467. The lowest BCUT2D eigenvalue weighted by molar-refractivity contribution is 0.0644. The van der Waals surface area contributed by atoms with Crippen LogP contribution < -0.4 is 0 Å². The van der Waals surface area contributed by atoms with Gasteiger partial charge in [-0.15, -0.1) is 0 Å². The summed E-state index contributed by atoms with van der Waals surface area (Å²) in [5, 5.41) is 8.98. The molecular formula is C12H15N3O3. The average molecular weight is 249 g/mol. The van der Waals surface area contributed by atoms with Crippen LogP contribution in [0.5, 0.6) is 0 Å². The Labute approximate surface area is 105 Å². The number of aromatic nitrogens is 2. The number of piperidine rings is 1. The van der Waals surface area contributed by atoms with Crippen LogP contribution in [0.2, 0.25) is 0 Å². The number of carboxylic acids is 1. The van der Waals surface area contributed by atoms with Crippen molar-refractivity contribution in [3.63, 3.8) is 0 Å². The van der Waals surface area contributed by atoms with E-state index in [1.807, 2.05) is 0 Å². The minimum absolute atomic E-state index is 0.0699. The van der Waals surface area contributed by atoms with Gasteiger partial charge in [0.05, 0.1) is 0 Å². The standard InChI is InChI=1S/C12H15N3O3/c1-8-2-6-15(7-3-8)11(16)9-10(12(17)18)14-5-4-13-9/h4-5,8H,2-3,6-7H2,1H3,(H,17,18). The summed E-state index contributed by atoms with van der Waals surface area (Å²) in [4.78, 5) is 32.4. The van der Waals surface area contributed by atoms with Crippen molar-refractivity contribution in [3.05, 3.63) is 23.8 Å². The molecule has 2 heterocycles. The number of carbonyl (C=O) groups excluding carboxylic acids is 1. The summed E-state index contributed by atoms with van der Waals surface area (Å²) >= 11 is 0. The molecule has 1 aromatic heterocycles. The minimum Gasteiger partial charge on any atom is -0.476 e. The van der Waals surface area contributed by atoms with Crippen molar-refractivity contribution in [1.29, 1.82) is 0 Å². The van der Waals surface area contributed by atoms with Gasteiger partial charge in [0.25, 0.3) is 5.91 Å². The van der Waals surface area contributed by atoms with Crippen molar-refractivity contribution in [1.82, 2.24) is 14.9 Å². The van der Waals surface area contributed by atoms with Crippen LogP contribution in [0.25, 0.3) is 0 Å². The zero-order chi connectivity index (χ0) is 13.1. The van der Waals surface area contributed by atoms with E-state index < -0.39 is 5.97 Å². The maximum absolute atomic E-state index is 12.2. The second-order valence-corrected chi connectivity index (χ2v) is 4.53. The van der Waals surface area contributed by atoms with Crippen molar-refractivity contribution in [2.45, 2.75) is 19.8 Å². The molecule has 0 atom stereocenters. The number of likely N-dealkylation sites (tertiary alicyclic amines) is 1. The molecule has 1 saturated heterocycles. The molecule has 1 amide bonds. The summed E-state index contributed by atoms with van der Waals surface area (Å²) in [6.45, 7) is 3.44. The highest BCUT2D eigenvalue weighted by Gasteiger charge is 2.26. The smallest absolute Gasteiger partial charge is 0.356 e. The Balaban J connectivity index is 2.21. The molecule has 1 fully saturated rings. The average Bonchev–Trinajstić information content (AvgIpc) is 2.39. The fourth-order valence-electron chi connectivity index (χ4n) is 2.01. The van der Waals surface area contributed by atoms with E-state index in [0.717, 1.165) is 12.8 Å². The van der Waals surface area contributed by atoms with Gasteiger partial charge >= 0.3 is 5.97 Å². The normalized spacial score (nSPS) is 16.6. The molecule has 1 aromatic rings. The van der Waals surface area contributed by atoms with Gasteiger partial charge in [-0.3, -0.25) is 4.79 Å². The molecule has 0 aromatic carbocycles. The Hall–Kier alpha value is -1.98. The molecule has 0 spiro atoms. The van der Waals surface area contributed by atoms with Crippen molar-refractivity contribution in [2.75, 3.05) is 13.1 Å². The number of carboxylic acid groups (broad SMARTS) is 1. The lowest BCUT2D eigenvalue weighted by Gasteiger charge is -2.30. The first-order valence-electron chi connectivity index (χ1n) is 5.93. The van der Waals surface area contributed by atoms with Gasteiger partial charge in [-0.2, -0.15) is 0 Å². The number of rotatable bonds is 2. The molecule has 0 bridgehead atoms. The first-order valence-corrected chi connectivity index (χ1v) is 5.93. The fourth-order valence-corrected chi connectivity index (χ4v) is 2.01. The lowest BCUT2D eigenvalue weighted by atomic mass is 9.99. The summed E-state index contributed by atoms with van der Waals surface area (Å²) in [6.07, 6.45) is 4.49. The maximum atomic E-state index is 12.2.